The van der Waals surface area contributed by atoms with Crippen LogP contribution < -0.4 is 10.6 Å². The van der Waals surface area contributed by atoms with Crippen LogP contribution in [0.4, 0.5) is 4.39 Å². The van der Waals surface area contributed by atoms with Crippen LogP contribution in [0.25, 0.3) is 0 Å². The molecule has 0 radical (unpaired) electrons. The highest BCUT2D eigenvalue weighted by Gasteiger charge is 2.29. The van der Waals surface area contributed by atoms with Crippen molar-refractivity contribution in [2.45, 2.75) is 18.9 Å². The van der Waals surface area contributed by atoms with E-state index in [0.717, 1.165) is 43.6 Å². The average molecular weight is 353 g/mol. The first kappa shape index (κ1) is 17.2. The maximum Gasteiger partial charge on any atom is 0.254 e. The van der Waals surface area contributed by atoms with Gasteiger partial charge in [0.25, 0.3) is 5.91 Å². The number of carbonyl (C=O) groups excluding carboxylic acids is 1. The molecule has 1 unspecified atom stereocenters. The van der Waals surface area contributed by atoms with Crippen LogP contribution in [0, 0.1) is 5.82 Å². The quantitative estimate of drug-likeness (QED) is 0.871. The lowest BCUT2D eigenvalue weighted by atomic mass is 9.98. The molecule has 2 aromatic rings. The molecular formula is C21H24FN3O. The molecule has 0 spiro atoms. The van der Waals surface area contributed by atoms with Crippen LogP contribution in [0.15, 0.2) is 42.5 Å². The predicted octanol–water partition coefficient (Wildman–Crippen LogP) is 2.30. The Hall–Kier alpha value is -2.24. The zero-order valence-electron chi connectivity index (χ0n) is 14.8. The van der Waals surface area contributed by atoms with Crippen molar-refractivity contribution in [1.29, 1.82) is 0 Å². The fourth-order valence-electron chi connectivity index (χ4n) is 3.93. The highest BCUT2D eigenvalue weighted by Crippen LogP contribution is 2.26. The minimum Gasteiger partial charge on any atom is -0.329 e. The van der Waals surface area contributed by atoms with Gasteiger partial charge in [0.05, 0.1) is 6.04 Å². The molecule has 0 aromatic heterocycles. The summed E-state index contributed by atoms with van der Waals surface area (Å²) in [4.78, 5) is 15.1. The summed E-state index contributed by atoms with van der Waals surface area (Å²) >= 11 is 0. The van der Waals surface area contributed by atoms with E-state index in [1.165, 1.54) is 23.3 Å². The Morgan fingerprint density at radius 3 is 2.69 bits per heavy atom. The van der Waals surface area contributed by atoms with Gasteiger partial charge in [-0.2, -0.15) is 0 Å². The molecule has 2 heterocycles. The number of hydrogen-bond acceptors (Lipinski definition) is 3. The molecule has 2 aromatic carbocycles. The Balaban J connectivity index is 1.62. The first-order valence-electron chi connectivity index (χ1n) is 9.32. The van der Waals surface area contributed by atoms with Gasteiger partial charge >= 0.3 is 0 Å². The second kappa shape index (κ2) is 7.56. The van der Waals surface area contributed by atoms with Gasteiger partial charge in [0.1, 0.15) is 5.82 Å². The fraction of sp³-hybridized carbons (Fsp3) is 0.381. The van der Waals surface area contributed by atoms with Crippen LogP contribution in [0.5, 0.6) is 0 Å². The largest absolute Gasteiger partial charge is 0.329 e. The predicted molar refractivity (Wildman–Crippen MR) is 99.8 cm³/mol. The standard InChI is InChI=1S/C21H24FN3O/c22-19-3-1-2-17(13-19)20-14-24-10-11-25(20)21(26)18-5-4-15-6-8-23-9-7-16(15)12-18/h1-5,12-13,20,23-24H,6-11,14H2. The third kappa shape index (κ3) is 3.50. The number of benzene rings is 2. The lowest BCUT2D eigenvalue weighted by molar-refractivity contribution is 0.0634. The summed E-state index contributed by atoms with van der Waals surface area (Å²) in [6.45, 7) is 3.96. The average Bonchev–Trinajstić information content (AvgIpc) is 2.92. The second-order valence-corrected chi connectivity index (χ2v) is 7.01. The molecule has 1 atom stereocenters. The summed E-state index contributed by atoms with van der Waals surface area (Å²) in [6.07, 6.45) is 1.95. The van der Waals surface area contributed by atoms with Gasteiger partial charge in [-0.15, -0.1) is 0 Å². The number of piperazine rings is 1. The highest BCUT2D eigenvalue weighted by atomic mass is 19.1. The molecule has 2 N–H and O–H groups in total. The molecule has 4 nitrogen and oxygen atoms in total. The first-order chi connectivity index (χ1) is 12.7. The van der Waals surface area contributed by atoms with Crippen molar-refractivity contribution in [2.75, 3.05) is 32.7 Å². The van der Waals surface area contributed by atoms with E-state index in [2.05, 4.69) is 22.8 Å². The lowest BCUT2D eigenvalue weighted by Crippen LogP contribution is -2.48. The van der Waals surface area contributed by atoms with Gasteiger partial charge in [-0.3, -0.25) is 4.79 Å². The number of hydrogen-bond donors (Lipinski definition) is 2. The fourth-order valence-corrected chi connectivity index (χ4v) is 3.93. The van der Waals surface area contributed by atoms with Crippen molar-refractivity contribution in [1.82, 2.24) is 15.5 Å². The van der Waals surface area contributed by atoms with Gasteiger partial charge in [0.15, 0.2) is 0 Å². The molecule has 26 heavy (non-hydrogen) atoms. The number of rotatable bonds is 2. The maximum atomic E-state index is 13.7. The monoisotopic (exact) mass is 353 g/mol. The Bertz CT molecular complexity index is 808. The van der Waals surface area contributed by atoms with Gasteiger partial charge < -0.3 is 15.5 Å². The second-order valence-electron chi connectivity index (χ2n) is 7.01. The van der Waals surface area contributed by atoms with Gasteiger partial charge in [0.2, 0.25) is 0 Å². The summed E-state index contributed by atoms with van der Waals surface area (Å²) in [5.74, 6) is -0.237. The van der Waals surface area contributed by atoms with Crippen LogP contribution >= 0.6 is 0 Å². The van der Waals surface area contributed by atoms with Gasteiger partial charge in [-0.1, -0.05) is 18.2 Å². The molecular weight excluding hydrogens is 329 g/mol. The molecule has 1 saturated heterocycles. The van der Waals surface area contributed by atoms with E-state index < -0.39 is 0 Å². The van der Waals surface area contributed by atoms with Crippen LogP contribution in [-0.4, -0.2) is 43.5 Å². The maximum absolute atomic E-state index is 13.7. The van der Waals surface area contributed by atoms with Crippen LogP contribution in [0.3, 0.4) is 0 Å². The van der Waals surface area contributed by atoms with Crippen LogP contribution in [0.1, 0.15) is 33.1 Å². The summed E-state index contributed by atoms with van der Waals surface area (Å²) in [6, 6.07) is 12.5. The van der Waals surface area contributed by atoms with E-state index in [9.17, 15) is 9.18 Å². The van der Waals surface area contributed by atoms with Crippen molar-refractivity contribution in [3.63, 3.8) is 0 Å². The van der Waals surface area contributed by atoms with Crippen molar-refractivity contribution in [3.8, 4) is 0 Å². The zero-order valence-corrected chi connectivity index (χ0v) is 14.8. The summed E-state index contributed by atoms with van der Waals surface area (Å²) in [5.41, 5.74) is 4.16. The molecule has 5 heteroatoms. The number of fused-ring (bicyclic) bond motifs is 1. The van der Waals surface area contributed by atoms with E-state index in [4.69, 9.17) is 0 Å². The Morgan fingerprint density at radius 1 is 1.00 bits per heavy atom. The molecule has 0 saturated carbocycles. The lowest BCUT2D eigenvalue weighted by Gasteiger charge is -2.36. The third-order valence-electron chi connectivity index (χ3n) is 5.33. The summed E-state index contributed by atoms with van der Waals surface area (Å²) in [5, 5.41) is 6.72. The molecule has 2 aliphatic rings. The van der Waals surface area contributed by atoms with Crippen LogP contribution in [-0.2, 0) is 12.8 Å². The van der Waals surface area contributed by atoms with E-state index in [-0.39, 0.29) is 17.8 Å². The Morgan fingerprint density at radius 2 is 1.85 bits per heavy atom. The zero-order chi connectivity index (χ0) is 17.9. The van der Waals surface area contributed by atoms with E-state index in [0.29, 0.717) is 13.1 Å². The van der Waals surface area contributed by atoms with Crippen molar-refractivity contribution >= 4 is 5.91 Å². The number of amides is 1. The summed E-state index contributed by atoms with van der Waals surface area (Å²) < 4.78 is 13.7. The van der Waals surface area contributed by atoms with Crippen molar-refractivity contribution < 1.29 is 9.18 Å². The number of halogens is 1. The Labute approximate surface area is 153 Å². The molecule has 0 aliphatic carbocycles. The van der Waals surface area contributed by atoms with Gasteiger partial charge in [-0.05, 0) is 66.9 Å². The molecule has 1 amide bonds. The van der Waals surface area contributed by atoms with Crippen LogP contribution in [0.2, 0.25) is 0 Å². The molecule has 136 valence electrons. The number of carbonyl (C=O) groups is 1. The molecule has 1 fully saturated rings. The van der Waals surface area contributed by atoms with Gasteiger partial charge in [0, 0.05) is 25.2 Å². The van der Waals surface area contributed by atoms with E-state index in [1.807, 2.05) is 17.0 Å². The summed E-state index contributed by atoms with van der Waals surface area (Å²) in [7, 11) is 0. The third-order valence-corrected chi connectivity index (χ3v) is 5.33. The number of nitrogens with one attached hydrogen (secondary N) is 2. The topological polar surface area (TPSA) is 44.4 Å². The SMILES string of the molecule is O=C(c1ccc2c(c1)CCNCC2)N1CCNCC1c1cccc(F)c1. The van der Waals surface area contributed by atoms with Gasteiger partial charge in [-0.25, -0.2) is 4.39 Å². The molecule has 0 bridgehead atoms. The minimum atomic E-state index is -0.266. The smallest absolute Gasteiger partial charge is 0.254 e. The first-order valence-corrected chi connectivity index (χ1v) is 9.32. The number of nitrogens with zero attached hydrogens (tertiary/aromatic N) is 1. The highest BCUT2D eigenvalue weighted by molar-refractivity contribution is 5.95. The normalized spacial score (nSPS) is 20.3. The van der Waals surface area contributed by atoms with E-state index in [1.54, 1.807) is 6.07 Å². The molecule has 4 rings (SSSR count). The minimum absolute atomic E-state index is 0.0285. The molecule has 2 aliphatic heterocycles. The van der Waals surface area contributed by atoms with E-state index >= 15 is 0 Å². The van der Waals surface area contributed by atoms with Crippen molar-refractivity contribution in [3.05, 3.63) is 70.5 Å². The van der Waals surface area contributed by atoms with Crippen molar-refractivity contribution in [2.24, 2.45) is 0 Å². The Kier molecular flexibility index (Phi) is 5.00.